The average Bonchev–Trinajstić information content (AvgIpc) is 3.25. The molecule has 0 saturated carbocycles. The van der Waals surface area contributed by atoms with Crippen molar-refractivity contribution in [3.05, 3.63) is 54.2 Å². The molecule has 0 bridgehead atoms. The predicted molar refractivity (Wildman–Crippen MR) is 90.7 cm³/mol. The van der Waals surface area contributed by atoms with Crippen molar-refractivity contribution >= 4 is 5.95 Å². The third-order valence-electron chi connectivity index (χ3n) is 4.30. The SMILES string of the molecule is Cc1nn(-c2ccc(F)cc2)cc1-c1ccnc(N2CCCC2)n1. The zero-order valence-corrected chi connectivity index (χ0v) is 13.5. The van der Waals surface area contributed by atoms with Crippen LogP contribution < -0.4 is 4.90 Å². The summed E-state index contributed by atoms with van der Waals surface area (Å²) in [5.41, 5.74) is 3.52. The van der Waals surface area contributed by atoms with E-state index in [1.54, 1.807) is 23.0 Å². The lowest BCUT2D eigenvalue weighted by Crippen LogP contribution is -2.20. The Bertz CT molecular complexity index is 850. The van der Waals surface area contributed by atoms with Gasteiger partial charge in [-0.2, -0.15) is 5.10 Å². The Morgan fingerprint density at radius 1 is 1.04 bits per heavy atom. The van der Waals surface area contributed by atoms with Crippen molar-refractivity contribution < 1.29 is 4.39 Å². The molecule has 0 N–H and O–H groups in total. The van der Waals surface area contributed by atoms with Crippen LogP contribution in [0.5, 0.6) is 0 Å². The molecule has 1 aliphatic rings. The molecule has 2 aromatic heterocycles. The molecule has 24 heavy (non-hydrogen) atoms. The van der Waals surface area contributed by atoms with Crippen LogP contribution in [0.4, 0.5) is 10.3 Å². The van der Waals surface area contributed by atoms with E-state index in [0.717, 1.165) is 41.7 Å². The average molecular weight is 323 g/mol. The van der Waals surface area contributed by atoms with Crippen LogP contribution in [-0.2, 0) is 0 Å². The molecule has 6 heteroatoms. The molecule has 0 aliphatic carbocycles. The molecule has 1 saturated heterocycles. The predicted octanol–water partition coefficient (Wildman–Crippen LogP) is 3.38. The lowest BCUT2D eigenvalue weighted by atomic mass is 10.2. The first kappa shape index (κ1) is 14.8. The van der Waals surface area contributed by atoms with E-state index < -0.39 is 0 Å². The first-order valence-electron chi connectivity index (χ1n) is 8.11. The maximum atomic E-state index is 13.1. The van der Waals surface area contributed by atoms with Gasteiger partial charge in [-0.3, -0.25) is 0 Å². The van der Waals surface area contributed by atoms with E-state index in [4.69, 9.17) is 4.98 Å². The number of rotatable bonds is 3. The van der Waals surface area contributed by atoms with E-state index in [1.807, 2.05) is 19.2 Å². The zero-order chi connectivity index (χ0) is 16.5. The van der Waals surface area contributed by atoms with Gasteiger partial charge in [0.1, 0.15) is 5.82 Å². The first-order valence-corrected chi connectivity index (χ1v) is 8.11. The van der Waals surface area contributed by atoms with Crippen molar-refractivity contribution in [2.24, 2.45) is 0 Å². The third kappa shape index (κ3) is 2.75. The van der Waals surface area contributed by atoms with Crippen molar-refractivity contribution in [2.45, 2.75) is 19.8 Å². The molecule has 0 spiro atoms. The van der Waals surface area contributed by atoms with Crippen molar-refractivity contribution in [3.63, 3.8) is 0 Å². The summed E-state index contributed by atoms with van der Waals surface area (Å²) in [7, 11) is 0. The summed E-state index contributed by atoms with van der Waals surface area (Å²) in [5, 5.41) is 4.53. The minimum Gasteiger partial charge on any atom is -0.341 e. The summed E-state index contributed by atoms with van der Waals surface area (Å²) < 4.78 is 14.8. The van der Waals surface area contributed by atoms with Crippen LogP contribution in [0, 0.1) is 12.7 Å². The van der Waals surface area contributed by atoms with Gasteiger partial charge in [0, 0.05) is 31.0 Å². The van der Waals surface area contributed by atoms with E-state index in [1.165, 1.54) is 25.0 Å². The number of anilines is 1. The largest absolute Gasteiger partial charge is 0.341 e. The van der Waals surface area contributed by atoms with Crippen molar-refractivity contribution in [2.75, 3.05) is 18.0 Å². The molecule has 0 unspecified atom stereocenters. The van der Waals surface area contributed by atoms with Gasteiger partial charge in [-0.1, -0.05) is 0 Å². The van der Waals surface area contributed by atoms with Gasteiger partial charge in [-0.15, -0.1) is 0 Å². The van der Waals surface area contributed by atoms with E-state index in [0.29, 0.717) is 0 Å². The second-order valence-electron chi connectivity index (χ2n) is 5.99. The van der Waals surface area contributed by atoms with Gasteiger partial charge in [0.25, 0.3) is 0 Å². The molecule has 1 aromatic carbocycles. The van der Waals surface area contributed by atoms with Gasteiger partial charge in [0.15, 0.2) is 0 Å². The minimum atomic E-state index is -0.256. The molecule has 0 atom stereocenters. The van der Waals surface area contributed by atoms with Crippen LogP contribution in [0.25, 0.3) is 16.9 Å². The highest BCUT2D eigenvalue weighted by Crippen LogP contribution is 2.24. The van der Waals surface area contributed by atoms with Crippen LogP contribution in [0.3, 0.4) is 0 Å². The van der Waals surface area contributed by atoms with E-state index in [-0.39, 0.29) is 5.82 Å². The van der Waals surface area contributed by atoms with Gasteiger partial charge < -0.3 is 4.90 Å². The van der Waals surface area contributed by atoms with E-state index >= 15 is 0 Å². The molecular formula is C18H18FN5. The summed E-state index contributed by atoms with van der Waals surface area (Å²) in [4.78, 5) is 11.3. The molecule has 122 valence electrons. The number of hydrogen-bond donors (Lipinski definition) is 0. The Kier molecular flexibility index (Phi) is 3.72. The molecular weight excluding hydrogens is 305 g/mol. The summed E-state index contributed by atoms with van der Waals surface area (Å²) in [5.74, 6) is 0.521. The molecule has 5 nitrogen and oxygen atoms in total. The molecule has 4 rings (SSSR count). The maximum absolute atomic E-state index is 13.1. The molecule has 0 radical (unpaired) electrons. The Morgan fingerprint density at radius 2 is 1.79 bits per heavy atom. The lowest BCUT2D eigenvalue weighted by Gasteiger charge is -2.15. The summed E-state index contributed by atoms with van der Waals surface area (Å²) >= 11 is 0. The molecule has 1 fully saturated rings. The minimum absolute atomic E-state index is 0.256. The van der Waals surface area contributed by atoms with Crippen LogP contribution in [0.2, 0.25) is 0 Å². The normalized spacial score (nSPS) is 14.3. The number of nitrogens with zero attached hydrogens (tertiary/aromatic N) is 5. The quantitative estimate of drug-likeness (QED) is 0.741. The summed E-state index contributed by atoms with van der Waals surface area (Å²) in [6.07, 6.45) is 6.10. The Labute approximate surface area is 139 Å². The van der Waals surface area contributed by atoms with Crippen LogP contribution in [-0.4, -0.2) is 32.8 Å². The number of halogens is 1. The van der Waals surface area contributed by atoms with Crippen molar-refractivity contribution in [1.29, 1.82) is 0 Å². The fraction of sp³-hybridized carbons (Fsp3) is 0.278. The Morgan fingerprint density at radius 3 is 2.54 bits per heavy atom. The smallest absolute Gasteiger partial charge is 0.225 e. The maximum Gasteiger partial charge on any atom is 0.225 e. The van der Waals surface area contributed by atoms with Crippen molar-refractivity contribution in [3.8, 4) is 16.9 Å². The topological polar surface area (TPSA) is 46.8 Å². The van der Waals surface area contributed by atoms with Crippen molar-refractivity contribution in [1.82, 2.24) is 19.7 Å². The molecule has 3 aromatic rings. The lowest BCUT2D eigenvalue weighted by molar-refractivity contribution is 0.627. The second kappa shape index (κ2) is 6.03. The Balaban J connectivity index is 1.69. The molecule has 0 amide bonds. The highest BCUT2D eigenvalue weighted by Gasteiger charge is 2.17. The zero-order valence-electron chi connectivity index (χ0n) is 13.5. The monoisotopic (exact) mass is 323 g/mol. The Hall–Kier alpha value is -2.76. The highest BCUT2D eigenvalue weighted by molar-refractivity contribution is 5.62. The number of hydrogen-bond acceptors (Lipinski definition) is 4. The molecule has 3 heterocycles. The first-order chi connectivity index (χ1) is 11.7. The molecule has 1 aliphatic heterocycles. The number of benzene rings is 1. The standard InChI is InChI=1S/C18H18FN5/c1-13-16(12-24(22-13)15-6-4-14(19)5-7-15)17-8-9-20-18(21-17)23-10-2-3-11-23/h4-9,12H,2-3,10-11H2,1H3. The van der Waals surface area contributed by atoms with Crippen LogP contribution in [0.15, 0.2) is 42.7 Å². The number of aromatic nitrogens is 4. The third-order valence-corrected chi connectivity index (χ3v) is 4.30. The van der Waals surface area contributed by atoms with Gasteiger partial charge in [-0.25, -0.2) is 19.0 Å². The highest BCUT2D eigenvalue weighted by atomic mass is 19.1. The van der Waals surface area contributed by atoms with E-state index in [9.17, 15) is 4.39 Å². The summed E-state index contributed by atoms with van der Waals surface area (Å²) in [6.45, 7) is 3.97. The van der Waals surface area contributed by atoms with Gasteiger partial charge in [0.05, 0.1) is 17.1 Å². The summed E-state index contributed by atoms with van der Waals surface area (Å²) in [6, 6.07) is 8.19. The fourth-order valence-electron chi connectivity index (χ4n) is 3.01. The van der Waals surface area contributed by atoms with Gasteiger partial charge >= 0.3 is 0 Å². The van der Waals surface area contributed by atoms with Gasteiger partial charge in [0.2, 0.25) is 5.95 Å². The second-order valence-corrected chi connectivity index (χ2v) is 5.99. The van der Waals surface area contributed by atoms with Gasteiger partial charge in [-0.05, 0) is 50.1 Å². The van der Waals surface area contributed by atoms with Crippen LogP contribution >= 0.6 is 0 Å². The van der Waals surface area contributed by atoms with E-state index in [2.05, 4.69) is 15.0 Å². The van der Waals surface area contributed by atoms with Crippen LogP contribution in [0.1, 0.15) is 18.5 Å². The fourth-order valence-corrected chi connectivity index (χ4v) is 3.01. The number of aryl methyl sites for hydroxylation is 1.